The lowest BCUT2D eigenvalue weighted by atomic mass is 9.96. The van der Waals surface area contributed by atoms with Gasteiger partial charge >= 0.3 is 0 Å². The van der Waals surface area contributed by atoms with Gasteiger partial charge in [-0.05, 0) is 68.2 Å². The molecular formula is C22H30ClN3O2. The zero-order valence-electron chi connectivity index (χ0n) is 16.6. The predicted octanol–water partition coefficient (Wildman–Crippen LogP) is 4.32. The van der Waals surface area contributed by atoms with Gasteiger partial charge < -0.3 is 20.3 Å². The number of hydrogen-bond acceptors (Lipinski definition) is 4. The second-order valence-corrected chi connectivity index (χ2v) is 6.94. The Morgan fingerprint density at radius 2 is 1.79 bits per heavy atom. The number of nitrogens with one attached hydrogen (secondary N) is 2. The maximum atomic E-state index is 13.1. The number of methoxy groups -OCH3 is 1. The van der Waals surface area contributed by atoms with E-state index in [0.29, 0.717) is 5.92 Å². The molecule has 1 amide bonds. The smallest absolute Gasteiger partial charge is 0.255 e. The first-order chi connectivity index (χ1) is 13.2. The minimum atomic E-state index is 0. The highest BCUT2D eigenvalue weighted by Gasteiger charge is 2.24. The zero-order valence-corrected chi connectivity index (χ0v) is 17.4. The lowest BCUT2D eigenvalue weighted by Gasteiger charge is -2.32. The third-order valence-corrected chi connectivity index (χ3v) is 5.11. The summed E-state index contributed by atoms with van der Waals surface area (Å²) in [6.45, 7) is 5.83. The molecule has 6 heteroatoms. The molecule has 0 aliphatic carbocycles. The van der Waals surface area contributed by atoms with E-state index in [2.05, 4.69) is 17.6 Å². The molecule has 0 aromatic heterocycles. The Labute approximate surface area is 173 Å². The topological polar surface area (TPSA) is 53.6 Å². The molecule has 0 bridgehead atoms. The molecule has 1 aliphatic heterocycles. The SMILES string of the molecule is CCNCC1CCN(C(=O)c2ccccc2Nc2ccc(OC)cc2)CC1.Cl. The van der Waals surface area contributed by atoms with Crippen molar-refractivity contribution in [2.75, 3.05) is 38.6 Å². The van der Waals surface area contributed by atoms with Crippen molar-refractivity contribution < 1.29 is 9.53 Å². The minimum absolute atomic E-state index is 0. The highest BCUT2D eigenvalue weighted by Crippen LogP contribution is 2.25. The summed E-state index contributed by atoms with van der Waals surface area (Å²) >= 11 is 0. The van der Waals surface area contributed by atoms with Gasteiger partial charge in [-0.25, -0.2) is 0 Å². The lowest BCUT2D eigenvalue weighted by molar-refractivity contribution is 0.0691. The summed E-state index contributed by atoms with van der Waals surface area (Å²) < 4.78 is 5.20. The number of rotatable bonds is 7. The van der Waals surface area contributed by atoms with Crippen LogP contribution in [0.5, 0.6) is 5.75 Å². The number of hydrogen-bond donors (Lipinski definition) is 2. The molecule has 0 atom stereocenters. The number of carbonyl (C=O) groups excluding carboxylic acids is 1. The van der Waals surface area contributed by atoms with Crippen LogP contribution >= 0.6 is 12.4 Å². The number of likely N-dealkylation sites (tertiary alicyclic amines) is 1. The fourth-order valence-electron chi connectivity index (χ4n) is 3.47. The van der Waals surface area contributed by atoms with Gasteiger partial charge in [0.15, 0.2) is 0 Å². The Hall–Kier alpha value is -2.24. The van der Waals surface area contributed by atoms with Crippen LogP contribution in [-0.2, 0) is 0 Å². The molecule has 1 heterocycles. The van der Waals surface area contributed by atoms with E-state index in [-0.39, 0.29) is 18.3 Å². The van der Waals surface area contributed by atoms with Crippen molar-refractivity contribution in [2.45, 2.75) is 19.8 Å². The van der Waals surface area contributed by atoms with E-state index < -0.39 is 0 Å². The fourth-order valence-corrected chi connectivity index (χ4v) is 3.47. The van der Waals surface area contributed by atoms with Gasteiger partial charge in [0.25, 0.3) is 5.91 Å². The molecule has 2 aromatic carbocycles. The number of benzene rings is 2. The Bertz CT molecular complexity index is 744. The number of para-hydroxylation sites is 1. The summed E-state index contributed by atoms with van der Waals surface area (Å²) in [5, 5.41) is 6.78. The summed E-state index contributed by atoms with van der Waals surface area (Å²) in [5.41, 5.74) is 2.49. The van der Waals surface area contributed by atoms with Crippen LogP contribution in [0.15, 0.2) is 48.5 Å². The van der Waals surface area contributed by atoms with Crippen molar-refractivity contribution in [1.29, 1.82) is 0 Å². The summed E-state index contributed by atoms with van der Waals surface area (Å²) in [7, 11) is 1.65. The maximum absolute atomic E-state index is 13.1. The van der Waals surface area contributed by atoms with Crippen molar-refractivity contribution in [3.05, 3.63) is 54.1 Å². The van der Waals surface area contributed by atoms with Crippen molar-refractivity contribution >= 4 is 29.7 Å². The Morgan fingerprint density at radius 1 is 1.11 bits per heavy atom. The van der Waals surface area contributed by atoms with Crippen LogP contribution in [0, 0.1) is 5.92 Å². The molecule has 152 valence electrons. The van der Waals surface area contributed by atoms with Gasteiger partial charge in [0.2, 0.25) is 0 Å². The Morgan fingerprint density at radius 3 is 2.43 bits per heavy atom. The van der Waals surface area contributed by atoms with Crippen LogP contribution < -0.4 is 15.4 Å². The van der Waals surface area contributed by atoms with Gasteiger partial charge in [0.1, 0.15) is 5.75 Å². The number of piperidine rings is 1. The van der Waals surface area contributed by atoms with Gasteiger partial charge in [-0.15, -0.1) is 12.4 Å². The van der Waals surface area contributed by atoms with E-state index in [9.17, 15) is 4.79 Å². The molecule has 0 unspecified atom stereocenters. The van der Waals surface area contributed by atoms with Crippen molar-refractivity contribution in [3.8, 4) is 5.75 Å². The van der Waals surface area contributed by atoms with Crippen molar-refractivity contribution in [2.24, 2.45) is 5.92 Å². The number of carbonyl (C=O) groups is 1. The van der Waals surface area contributed by atoms with E-state index in [1.807, 2.05) is 53.4 Å². The summed E-state index contributed by atoms with van der Waals surface area (Å²) in [4.78, 5) is 15.1. The molecule has 2 N–H and O–H groups in total. The van der Waals surface area contributed by atoms with Crippen LogP contribution in [0.1, 0.15) is 30.1 Å². The van der Waals surface area contributed by atoms with Crippen LogP contribution in [0.3, 0.4) is 0 Å². The highest BCUT2D eigenvalue weighted by atomic mass is 35.5. The van der Waals surface area contributed by atoms with E-state index in [1.165, 1.54) is 0 Å². The van der Waals surface area contributed by atoms with Gasteiger partial charge in [-0.1, -0.05) is 19.1 Å². The monoisotopic (exact) mass is 403 g/mol. The third kappa shape index (κ3) is 5.63. The second-order valence-electron chi connectivity index (χ2n) is 6.94. The molecule has 0 radical (unpaired) electrons. The maximum Gasteiger partial charge on any atom is 0.255 e. The summed E-state index contributed by atoms with van der Waals surface area (Å²) in [6.07, 6.45) is 2.12. The zero-order chi connectivity index (χ0) is 19.1. The molecule has 5 nitrogen and oxygen atoms in total. The first kappa shape index (κ1) is 22.1. The largest absolute Gasteiger partial charge is 0.497 e. The van der Waals surface area contributed by atoms with Crippen LogP contribution in [0.4, 0.5) is 11.4 Å². The van der Waals surface area contributed by atoms with Gasteiger partial charge in [0.05, 0.1) is 18.4 Å². The molecular weight excluding hydrogens is 374 g/mol. The van der Waals surface area contributed by atoms with Crippen LogP contribution in [-0.4, -0.2) is 44.1 Å². The number of anilines is 2. The minimum Gasteiger partial charge on any atom is -0.497 e. The summed E-state index contributed by atoms with van der Waals surface area (Å²) in [5.74, 6) is 1.58. The average molecular weight is 404 g/mol. The Kier molecular flexibility index (Phi) is 8.61. The normalized spacial score (nSPS) is 14.3. The van der Waals surface area contributed by atoms with Crippen LogP contribution in [0.2, 0.25) is 0 Å². The quantitative estimate of drug-likeness (QED) is 0.722. The predicted molar refractivity (Wildman–Crippen MR) is 117 cm³/mol. The number of amides is 1. The second kappa shape index (κ2) is 10.9. The standard InChI is InChI=1S/C22H29N3O2.ClH/c1-3-23-16-17-12-14-25(15-13-17)22(26)20-6-4-5-7-21(20)24-18-8-10-19(27-2)11-9-18;/h4-11,17,23-24H,3,12-16H2,1-2H3;1H. The fraction of sp³-hybridized carbons (Fsp3) is 0.409. The first-order valence-corrected chi connectivity index (χ1v) is 9.71. The third-order valence-electron chi connectivity index (χ3n) is 5.11. The average Bonchev–Trinajstić information content (AvgIpc) is 2.73. The van der Waals surface area contributed by atoms with Crippen LogP contribution in [0.25, 0.3) is 0 Å². The molecule has 1 fully saturated rings. The molecule has 1 saturated heterocycles. The molecule has 0 spiro atoms. The van der Waals surface area contributed by atoms with Gasteiger partial charge in [-0.2, -0.15) is 0 Å². The number of ether oxygens (including phenoxy) is 1. The highest BCUT2D eigenvalue weighted by molar-refractivity contribution is 6.00. The molecule has 28 heavy (non-hydrogen) atoms. The number of nitrogens with zero attached hydrogens (tertiary/aromatic N) is 1. The lowest BCUT2D eigenvalue weighted by Crippen LogP contribution is -2.40. The Balaban J connectivity index is 0.00000280. The van der Waals surface area contributed by atoms with Crippen molar-refractivity contribution in [1.82, 2.24) is 10.2 Å². The first-order valence-electron chi connectivity index (χ1n) is 9.71. The van der Waals surface area contributed by atoms with E-state index in [4.69, 9.17) is 4.74 Å². The molecule has 1 aliphatic rings. The molecule has 2 aromatic rings. The van der Waals surface area contributed by atoms with Crippen molar-refractivity contribution in [3.63, 3.8) is 0 Å². The number of halogens is 1. The van der Waals surface area contributed by atoms with Gasteiger partial charge in [-0.3, -0.25) is 4.79 Å². The molecule has 3 rings (SSSR count). The van der Waals surface area contributed by atoms with E-state index >= 15 is 0 Å². The van der Waals surface area contributed by atoms with E-state index in [0.717, 1.165) is 61.7 Å². The summed E-state index contributed by atoms with van der Waals surface area (Å²) in [6, 6.07) is 15.4. The molecule has 0 saturated carbocycles. The van der Waals surface area contributed by atoms with Gasteiger partial charge in [0, 0.05) is 18.8 Å². The van der Waals surface area contributed by atoms with E-state index in [1.54, 1.807) is 7.11 Å².